The summed E-state index contributed by atoms with van der Waals surface area (Å²) in [5.74, 6) is 0.709. The van der Waals surface area contributed by atoms with Gasteiger partial charge in [-0.25, -0.2) is 9.97 Å². The van der Waals surface area contributed by atoms with Crippen LogP contribution in [0.25, 0.3) is 132 Å². The lowest BCUT2D eigenvalue weighted by Gasteiger charge is -2.19. The summed E-state index contributed by atoms with van der Waals surface area (Å²) in [7, 11) is 0. The topological polar surface area (TPSA) is 35.6 Å². The van der Waals surface area contributed by atoms with E-state index in [2.05, 4.69) is 241 Å². The van der Waals surface area contributed by atoms with Gasteiger partial charge in [-0.1, -0.05) is 171 Å². The molecule has 0 fully saturated rings. The molecule has 14 rings (SSSR count). The Balaban J connectivity index is 1.08. The van der Waals surface area contributed by atoms with Crippen molar-refractivity contribution in [1.82, 2.24) is 19.1 Å². The summed E-state index contributed by atoms with van der Waals surface area (Å²) in [5.41, 5.74) is 13.1. The number of fused-ring (bicyclic) bond motifs is 11. The van der Waals surface area contributed by atoms with E-state index in [0.717, 1.165) is 78.6 Å². The number of para-hydroxylation sites is 2. The molecule has 318 valence electrons. The highest BCUT2D eigenvalue weighted by molar-refractivity contribution is 6.25. The number of hydrogen-bond donors (Lipinski definition) is 0. The molecular formula is C64H42N4. The van der Waals surface area contributed by atoms with Gasteiger partial charge in [0, 0.05) is 55.2 Å². The van der Waals surface area contributed by atoms with E-state index in [0.29, 0.717) is 5.82 Å². The van der Waals surface area contributed by atoms with Crippen LogP contribution in [-0.4, -0.2) is 19.1 Å². The van der Waals surface area contributed by atoms with E-state index in [9.17, 15) is 0 Å². The second kappa shape index (κ2) is 15.1. The van der Waals surface area contributed by atoms with Crippen LogP contribution in [0.4, 0.5) is 0 Å². The molecule has 4 nitrogen and oxygen atoms in total. The molecule has 0 amide bonds. The van der Waals surface area contributed by atoms with Crippen molar-refractivity contribution in [2.45, 2.75) is 13.3 Å². The lowest BCUT2D eigenvalue weighted by Crippen LogP contribution is -2.04. The molecule has 0 spiro atoms. The molecule has 3 aromatic heterocycles. The SMILES string of the molecule is CCc1c(-c2ccc3ccccc3c2)nc(-c2ccc3ccccc3c2)nc1-c1cc(-n2c3ccccc3c3cc4c5c6ccccc6ccc5n(-c5ccccc5)c4cc32)cc2ccccc12. The molecule has 14 aromatic rings. The minimum Gasteiger partial charge on any atom is -0.309 e. The minimum atomic E-state index is 0.709. The number of benzene rings is 11. The summed E-state index contributed by atoms with van der Waals surface area (Å²) in [4.78, 5) is 11.1. The highest BCUT2D eigenvalue weighted by Crippen LogP contribution is 2.44. The van der Waals surface area contributed by atoms with Crippen molar-refractivity contribution in [1.29, 1.82) is 0 Å². The van der Waals surface area contributed by atoms with Crippen LogP contribution >= 0.6 is 0 Å². The van der Waals surface area contributed by atoms with Gasteiger partial charge in [0.15, 0.2) is 5.82 Å². The summed E-state index contributed by atoms with van der Waals surface area (Å²) in [6.07, 6.45) is 0.750. The van der Waals surface area contributed by atoms with Crippen LogP contribution in [-0.2, 0) is 6.42 Å². The van der Waals surface area contributed by atoms with Crippen molar-refractivity contribution in [3.05, 3.63) is 230 Å². The molecule has 0 saturated heterocycles. The Morgan fingerprint density at radius 2 is 0.912 bits per heavy atom. The van der Waals surface area contributed by atoms with Crippen LogP contribution in [0.2, 0.25) is 0 Å². The molecule has 0 saturated carbocycles. The van der Waals surface area contributed by atoms with Gasteiger partial charge in [0.2, 0.25) is 0 Å². The third kappa shape index (κ3) is 5.87. The largest absolute Gasteiger partial charge is 0.309 e. The molecule has 0 radical (unpaired) electrons. The molecule has 0 aliphatic rings. The van der Waals surface area contributed by atoms with Crippen LogP contribution in [0, 0.1) is 0 Å². The van der Waals surface area contributed by atoms with E-state index < -0.39 is 0 Å². The molecule has 4 heteroatoms. The van der Waals surface area contributed by atoms with Gasteiger partial charge in [0.1, 0.15) is 0 Å². The average molecular weight is 867 g/mol. The Morgan fingerprint density at radius 1 is 0.338 bits per heavy atom. The van der Waals surface area contributed by atoms with Crippen molar-refractivity contribution in [2.75, 3.05) is 0 Å². The normalized spacial score (nSPS) is 12.0. The Labute approximate surface area is 392 Å². The molecule has 0 unspecified atom stereocenters. The maximum atomic E-state index is 5.65. The first-order valence-corrected chi connectivity index (χ1v) is 23.5. The van der Waals surface area contributed by atoms with Crippen LogP contribution in [0.15, 0.2) is 224 Å². The summed E-state index contributed by atoms with van der Waals surface area (Å²) in [6, 6.07) is 81.8. The van der Waals surface area contributed by atoms with Gasteiger partial charge < -0.3 is 9.13 Å². The first-order chi connectivity index (χ1) is 33.7. The van der Waals surface area contributed by atoms with Gasteiger partial charge >= 0.3 is 0 Å². The molecule has 0 N–H and O–H groups in total. The highest BCUT2D eigenvalue weighted by atomic mass is 15.0. The van der Waals surface area contributed by atoms with Gasteiger partial charge in [-0.15, -0.1) is 0 Å². The standard InChI is InChI=1S/C64H42N4/c1-2-50-62(46-30-28-40-16-6-8-19-43(40)34-46)65-64(47-31-29-41-17-7-9-20-44(41)35-47)66-63(50)55-37-49(36-45-21-11-12-24-51(45)55)68-57-27-15-14-26-53(57)54-38-56-60(39-59(54)68)67(48-22-4-3-5-23-48)58-33-32-42-18-10-13-25-52(42)61(56)58/h3-39H,2H2,1H3. The van der Waals surface area contributed by atoms with Crippen LogP contribution in [0.3, 0.4) is 0 Å². The quantitative estimate of drug-likeness (QED) is 0.167. The zero-order valence-electron chi connectivity index (χ0n) is 37.4. The van der Waals surface area contributed by atoms with E-state index in [1.54, 1.807) is 0 Å². The molecule has 0 atom stereocenters. The molecule has 3 heterocycles. The lowest BCUT2D eigenvalue weighted by molar-refractivity contribution is 1.06. The Morgan fingerprint density at radius 3 is 1.68 bits per heavy atom. The maximum Gasteiger partial charge on any atom is 0.160 e. The molecule has 0 bridgehead atoms. The first kappa shape index (κ1) is 38.4. The average Bonchev–Trinajstić information content (AvgIpc) is 3.91. The fraction of sp³-hybridized carbons (Fsp3) is 0.0312. The lowest BCUT2D eigenvalue weighted by atomic mass is 9.93. The first-order valence-electron chi connectivity index (χ1n) is 23.5. The summed E-state index contributed by atoms with van der Waals surface area (Å²) < 4.78 is 4.92. The van der Waals surface area contributed by atoms with Crippen molar-refractivity contribution in [2.24, 2.45) is 0 Å². The van der Waals surface area contributed by atoms with Crippen LogP contribution in [0.1, 0.15) is 12.5 Å². The zero-order chi connectivity index (χ0) is 44.9. The minimum absolute atomic E-state index is 0.709. The Kier molecular flexibility index (Phi) is 8.53. The van der Waals surface area contributed by atoms with E-state index >= 15 is 0 Å². The van der Waals surface area contributed by atoms with Gasteiger partial charge in [-0.2, -0.15) is 0 Å². The van der Waals surface area contributed by atoms with Crippen molar-refractivity contribution >= 4 is 86.7 Å². The highest BCUT2D eigenvalue weighted by Gasteiger charge is 2.23. The molecular weight excluding hydrogens is 825 g/mol. The maximum absolute atomic E-state index is 5.65. The number of nitrogens with zero attached hydrogens (tertiary/aromatic N) is 4. The number of aromatic nitrogens is 4. The summed E-state index contributed by atoms with van der Waals surface area (Å²) in [5, 5.41) is 14.5. The van der Waals surface area contributed by atoms with Gasteiger partial charge in [0.05, 0.1) is 33.5 Å². The molecule has 0 aliphatic carbocycles. The number of hydrogen-bond acceptors (Lipinski definition) is 2. The van der Waals surface area contributed by atoms with Gasteiger partial charge in [0.25, 0.3) is 0 Å². The van der Waals surface area contributed by atoms with Crippen molar-refractivity contribution in [3.63, 3.8) is 0 Å². The molecule has 0 aliphatic heterocycles. The Bertz CT molecular complexity index is 4370. The fourth-order valence-corrected chi connectivity index (χ4v) is 11.1. The predicted octanol–water partition coefficient (Wildman–Crippen LogP) is 16.8. The van der Waals surface area contributed by atoms with E-state index in [1.165, 1.54) is 59.5 Å². The van der Waals surface area contributed by atoms with Crippen LogP contribution in [0.5, 0.6) is 0 Å². The molecule has 68 heavy (non-hydrogen) atoms. The smallest absolute Gasteiger partial charge is 0.160 e. The van der Waals surface area contributed by atoms with Crippen LogP contribution < -0.4 is 0 Å². The fourth-order valence-electron chi connectivity index (χ4n) is 11.1. The second-order valence-electron chi connectivity index (χ2n) is 18.0. The summed E-state index contributed by atoms with van der Waals surface area (Å²) >= 11 is 0. The van der Waals surface area contributed by atoms with Gasteiger partial charge in [-0.05, 0) is 110 Å². The monoisotopic (exact) mass is 866 g/mol. The van der Waals surface area contributed by atoms with Crippen molar-refractivity contribution < 1.29 is 0 Å². The second-order valence-corrected chi connectivity index (χ2v) is 18.0. The Hall–Kier alpha value is -8.86. The number of rotatable bonds is 6. The third-order valence-corrected chi connectivity index (χ3v) is 14.2. The van der Waals surface area contributed by atoms with E-state index in [4.69, 9.17) is 9.97 Å². The molecule has 11 aromatic carbocycles. The zero-order valence-corrected chi connectivity index (χ0v) is 37.4. The van der Waals surface area contributed by atoms with E-state index in [1.807, 2.05) is 0 Å². The predicted molar refractivity (Wildman–Crippen MR) is 286 cm³/mol. The van der Waals surface area contributed by atoms with Crippen molar-refractivity contribution in [3.8, 4) is 45.3 Å². The van der Waals surface area contributed by atoms with Gasteiger partial charge in [-0.3, -0.25) is 0 Å². The summed E-state index contributed by atoms with van der Waals surface area (Å²) in [6.45, 7) is 2.24. The third-order valence-electron chi connectivity index (χ3n) is 14.2. The van der Waals surface area contributed by atoms with E-state index in [-0.39, 0.29) is 0 Å².